The molecule has 0 unspecified atom stereocenters. The van der Waals surface area contributed by atoms with Crippen LogP contribution < -0.4 is 5.32 Å². The van der Waals surface area contributed by atoms with Crippen LogP contribution in [-0.4, -0.2) is 16.8 Å². The first-order valence-corrected chi connectivity index (χ1v) is 5.51. The second-order valence-electron chi connectivity index (χ2n) is 4.22. The number of hydrogen-bond acceptors (Lipinski definition) is 2. The number of halogens is 4. The van der Waals surface area contributed by atoms with Crippen molar-refractivity contribution >= 4 is 11.6 Å². The molecular weight excluding hydrogens is 255 g/mol. The number of nitrogens with one attached hydrogen (secondary N) is 1. The SMILES string of the molecule is Oc1ccc(CNC2(C(F)(F)F)CC2)cc1Cl. The van der Waals surface area contributed by atoms with E-state index in [1.54, 1.807) is 6.07 Å². The molecule has 0 radical (unpaired) electrons. The summed E-state index contributed by atoms with van der Waals surface area (Å²) in [5, 5.41) is 11.8. The Kier molecular flexibility index (Phi) is 2.99. The number of alkyl halides is 3. The van der Waals surface area contributed by atoms with Gasteiger partial charge in [-0.1, -0.05) is 17.7 Å². The Morgan fingerprint density at radius 2 is 2.00 bits per heavy atom. The first kappa shape index (κ1) is 12.5. The van der Waals surface area contributed by atoms with Crippen molar-refractivity contribution in [2.24, 2.45) is 0 Å². The van der Waals surface area contributed by atoms with Gasteiger partial charge in [0.15, 0.2) is 0 Å². The van der Waals surface area contributed by atoms with Crippen molar-refractivity contribution in [1.82, 2.24) is 5.32 Å². The Morgan fingerprint density at radius 3 is 2.47 bits per heavy atom. The Labute approximate surface area is 101 Å². The van der Waals surface area contributed by atoms with E-state index in [1.807, 2.05) is 0 Å². The van der Waals surface area contributed by atoms with Crippen molar-refractivity contribution in [2.45, 2.75) is 31.1 Å². The van der Waals surface area contributed by atoms with Gasteiger partial charge in [-0.2, -0.15) is 13.2 Å². The summed E-state index contributed by atoms with van der Waals surface area (Å²) in [6.07, 6.45) is -3.99. The molecule has 17 heavy (non-hydrogen) atoms. The largest absolute Gasteiger partial charge is 0.506 e. The minimum Gasteiger partial charge on any atom is -0.506 e. The molecule has 1 fully saturated rings. The minimum atomic E-state index is -4.21. The fraction of sp³-hybridized carbons (Fsp3) is 0.455. The van der Waals surface area contributed by atoms with E-state index in [4.69, 9.17) is 11.6 Å². The third kappa shape index (κ3) is 2.50. The fourth-order valence-corrected chi connectivity index (χ4v) is 1.82. The molecule has 94 valence electrons. The monoisotopic (exact) mass is 265 g/mol. The lowest BCUT2D eigenvalue weighted by Crippen LogP contribution is -2.44. The van der Waals surface area contributed by atoms with Crippen LogP contribution in [-0.2, 0) is 6.54 Å². The number of hydrogen-bond donors (Lipinski definition) is 2. The highest BCUT2D eigenvalue weighted by molar-refractivity contribution is 6.32. The van der Waals surface area contributed by atoms with E-state index < -0.39 is 11.7 Å². The van der Waals surface area contributed by atoms with Gasteiger partial charge in [-0.25, -0.2) is 0 Å². The van der Waals surface area contributed by atoms with E-state index in [0.717, 1.165) is 0 Å². The lowest BCUT2D eigenvalue weighted by atomic mass is 10.2. The molecule has 0 amide bonds. The Morgan fingerprint density at radius 1 is 1.35 bits per heavy atom. The Balaban J connectivity index is 2.01. The van der Waals surface area contributed by atoms with Crippen molar-refractivity contribution < 1.29 is 18.3 Å². The van der Waals surface area contributed by atoms with Crippen LogP contribution in [0.25, 0.3) is 0 Å². The van der Waals surface area contributed by atoms with Gasteiger partial charge in [-0.15, -0.1) is 0 Å². The first-order chi connectivity index (χ1) is 7.84. The van der Waals surface area contributed by atoms with E-state index in [2.05, 4.69) is 5.32 Å². The average molecular weight is 266 g/mol. The molecule has 1 saturated carbocycles. The second-order valence-corrected chi connectivity index (χ2v) is 4.63. The van der Waals surface area contributed by atoms with Crippen molar-refractivity contribution in [3.8, 4) is 5.75 Å². The minimum absolute atomic E-state index is 0.0765. The van der Waals surface area contributed by atoms with Gasteiger partial charge in [0.25, 0.3) is 0 Å². The van der Waals surface area contributed by atoms with Crippen LogP contribution in [0.2, 0.25) is 5.02 Å². The van der Waals surface area contributed by atoms with Gasteiger partial charge in [-0.05, 0) is 30.5 Å². The zero-order valence-electron chi connectivity index (χ0n) is 8.81. The van der Waals surface area contributed by atoms with Gasteiger partial charge < -0.3 is 5.11 Å². The molecule has 1 aromatic carbocycles. The number of aromatic hydroxyl groups is 1. The zero-order valence-corrected chi connectivity index (χ0v) is 9.57. The normalized spacial score (nSPS) is 18.1. The quantitative estimate of drug-likeness (QED) is 0.879. The van der Waals surface area contributed by atoms with E-state index >= 15 is 0 Å². The van der Waals surface area contributed by atoms with Crippen LogP contribution in [0.5, 0.6) is 5.75 Å². The molecule has 0 aliphatic heterocycles. The molecule has 0 heterocycles. The maximum atomic E-state index is 12.6. The lowest BCUT2D eigenvalue weighted by Gasteiger charge is -2.20. The van der Waals surface area contributed by atoms with Crippen molar-refractivity contribution in [1.29, 1.82) is 0 Å². The Bertz CT molecular complexity index is 429. The molecule has 0 saturated heterocycles. The van der Waals surface area contributed by atoms with Gasteiger partial charge in [-0.3, -0.25) is 5.32 Å². The predicted molar refractivity (Wildman–Crippen MR) is 58.0 cm³/mol. The summed E-state index contributed by atoms with van der Waals surface area (Å²) >= 11 is 5.67. The molecule has 2 N–H and O–H groups in total. The van der Waals surface area contributed by atoms with Gasteiger partial charge in [0, 0.05) is 6.54 Å². The summed E-state index contributed by atoms with van der Waals surface area (Å²) in [5.41, 5.74) is -1.11. The predicted octanol–water partition coefficient (Wildman–Crippen LogP) is 3.23. The highest BCUT2D eigenvalue weighted by Gasteiger charge is 2.62. The second kappa shape index (κ2) is 4.07. The van der Waals surface area contributed by atoms with Crippen LogP contribution in [0.1, 0.15) is 18.4 Å². The van der Waals surface area contributed by atoms with Gasteiger partial charge in [0.2, 0.25) is 0 Å². The van der Waals surface area contributed by atoms with Crippen LogP contribution in [0, 0.1) is 0 Å². The maximum Gasteiger partial charge on any atom is 0.406 e. The molecule has 6 heteroatoms. The van der Waals surface area contributed by atoms with Gasteiger partial charge in [0.1, 0.15) is 11.3 Å². The Hall–Kier alpha value is -0.940. The number of phenolic OH excluding ortho intramolecular Hbond substituents is 1. The topological polar surface area (TPSA) is 32.3 Å². The average Bonchev–Trinajstić information content (AvgIpc) is 3.00. The summed E-state index contributed by atoms with van der Waals surface area (Å²) in [4.78, 5) is 0. The fourth-order valence-electron chi connectivity index (χ4n) is 1.62. The first-order valence-electron chi connectivity index (χ1n) is 5.13. The van der Waals surface area contributed by atoms with Crippen LogP contribution >= 0.6 is 11.6 Å². The van der Waals surface area contributed by atoms with E-state index in [9.17, 15) is 18.3 Å². The molecular formula is C11H11ClF3NO. The van der Waals surface area contributed by atoms with Crippen LogP contribution in [0.4, 0.5) is 13.2 Å². The summed E-state index contributed by atoms with van der Waals surface area (Å²) in [6.45, 7) is 0.0828. The van der Waals surface area contributed by atoms with E-state index in [-0.39, 0.29) is 30.2 Å². The molecule has 2 rings (SSSR count). The smallest absolute Gasteiger partial charge is 0.406 e. The number of rotatable bonds is 3. The van der Waals surface area contributed by atoms with Crippen LogP contribution in [0.3, 0.4) is 0 Å². The summed E-state index contributed by atoms with van der Waals surface area (Å²) in [5.74, 6) is -0.0765. The summed E-state index contributed by atoms with van der Waals surface area (Å²) in [6, 6.07) is 4.36. The number of benzene rings is 1. The standard InChI is InChI=1S/C11H11ClF3NO/c12-8-5-7(1-2-9(8)17)6-16-10(3-4-10)11(13,14)15/h1-2,5,16-17H,3-4,6H2. The summed E-state index contributed by atoms with van der Waals surface area (Å²) in [7, 11) is 0. The molecule has 1 aliphatic carbocycles. The van der Waals surface area contributed by atoms with E-state index in [1.165, 1.54) is 12.1 Å². The van der Waals surface area contributed by atoms with Gasteiger partial charge >= 0.3 is 6.18 Å². The van der Waals surface area contributed by atoms with Crippen molar-refractivity contribution in [3.05, 3.63) is 28.8 Å². The highest BCUT2D eigenvalue weighted by Crippen LogP contribution is 2.49. The van der Waals surface area contributed by atoms with E-state index in [0.29, 0.717) is 5.56 Å². The molecule has 0 aromatic heterocycles. The highest BCUT2D eigenvalue weighted by atomic mass is 35.5. The molecule has 1 aromatic rings. The lowest BCUT2D eigenvalue weighted by molar-refractivity contribution is -0.166. The van der Waals surface area contributed by atoms with Crippen molar-refractivity contribution in [3.63, 3.8) is 0 Å². The maximum absolute atomic E-state index is 12.6. The van der Waals surface area contributed by atoms with Crippen LogP contribution in [0.15, 0.2) is 18.2 Å². The van der Waals surface area contributed by atoms with Gasteiger partial charge in [0.05, 0.1) is 5.02 Å². The van der Waals surface area contributed by atoms with Crippen molar-refractivity contribution in [2.75, 3.05) is 0 Å². The molecule has 2 nitrogen and oxygen atoms in total. The molecule has 0 bridgehead atoms. The third-order valence-corrected chi connectivity index (χ3v) is 3.24. The number of phenols is 1. The third-order valence-electron chi connectivity index (χ3n) is 2.94. The molecule has 0 atom stereocenters. The zero-order chi connectivity index (χ0) is 12.7. The summed E-state index contributed by atoms with van der Waals surface area (Å²) < 4.78 is 37.8. The molecule has 1 aliphatic rings. The molecule has 0 spiro atoms.